The molecule has 6 nitrogen and oxygen atoms in total. The second-order valence-corrected chi connectivity index (χ2v) is 7.99. The van der Waals surface area contributed by atoms with Gasteiger partial charge in [-0.05, 0) is 44.4 Å². The minimum atomic E-state index is -4.04. The SMILES string of the molecule is Cc1ccc(C)c(S(=O)(=O)NC(=O)c2oc3c(c2C)C(=O)CCC3)c1. The number of carbonyl (C=O) groups excluding carboxylic acids is 2. The molecule has 0 fully saturated rings. The summed E-state index contributed by atoms with van der Waals surface area (Å²) in [5.41, 5.74) is 2.12. The maximum atomic E-state index is 12.6. The van der Waals surface area contributed by atoms with Crippen molar-refractivity contribution in [2.45, 2.75) is 44.9 Å². The van der Waals surface area contributed by atoms with Gasteiger partial charge in [0, 0.05) is 18.4 Å². The first-order valence-electron chi connectivity index (χ1n) is 8.00. The number of hydrogen-bond donors (Lipinski definition) is 1. The lowest BCUT2D eigenvalue weighted by Gasteiger charge is -2.09. The van der Waals surface area contributed by atoms with E-state index in [-0.39, 0.29) is 16.4 Å². The summed E-state index contributed by atoms with van der Waals surface area (Å²) < 4.78 is 32.7. The summed E-state index contributed by atoms with van der Waals surface area (Å²) in [6, 6.07) is 4.99. The molecule has 132 valence electrons. The Kier molecular flexibility index (Phi) is 4.28. The molecule has 2 aromatic rings. The third kappa shape index (κ3) is 3.11. The zero-order valence-electron chi connectivity index (χ0n) is 14.3. The van der Waals surface area contributed by atoms with Crippen LogP contribution in [0.1, 0.15) is 56.2 Å². The number of furan rings is 1. The Morgan fingerprint density at radius 1 is 1.16 bits per heavy atom. The standard InChI is InChI=1S/C18H19NO5S/c1-10-7-8-11(2)15(9-10)25(22,23)19-18(21)17-12(3)16-13(20)5-4-6-14(16)24-17/h7-9H,4-6H2,1-3H3,(H,19,21). The number of amides is 1. The molecule has 1 aliphatic carbocycles. The van der Waals surface area contributed by atoms with Crippen molar-refractivity contribution in [1.29, 1.82) is 0 Å². The predicted molar refractivity (Wildman–Crippen MR) is 91.3 cm³/mol. The molecule has 0 unspecified atom stereocenters. The molecule has 0 aliphatic heterocycles. The van der Waals surface area contributed by atoms with Crippen molar-refractivity contribution < 1.29 is 22.4 Å². The first-order valence-corrected chi connectivity index (χ1v) is 9.49. The molecule has 7 heteroatoms. The quantitative estimate of drug-likeness (QED) is 0.907. The van der Waals surface area contributed by atoms with E-state index in [9.17, 15) is 18.0 Å². The Labute approximate surface area is 146 Å². The summed E-state index contributed by atoms with van der Waals surface area (Å²) in [6.07, 6.45) is 1.65. The number of sulfonamides is 1. The summed E-state index contributed by atoms with van der Waals surface area (Å²) in [7, 11) is -4.04. The summed E-state index contributed by atoms with van der Waals surface area (Å²) in [5, 5.41) is 0. The van der Waals surface area contributed by atoms with E-state index in [1.807, 2.05) is 4.72 Å². The van der Waals surface area contributed by atoms with Gasteiger partial charge in [0.2, 0.25) is 0 Å². The van der Waals surface area contributed by atoms with E-state index in [1.165, 1.54) is 6.07 Å². The number of rotatable bonds is 3. The number of benzene rings is 1. The van der Waals surface area contributed by atoms with Crippen molar-refractivity contribution in [1.82, 2.24) is 4.72 Å². The second kappa shape index (κ2) is 6.15. The summed E-state index contributed by atoms with van der Waals surface area (Å²) >= 11 is 0. The van der Waals surface area contributed by atoms with Crippen molar-refractivity contribution in [2.24, 2.45) is 0 Å². The van der Waals surface area contributed by atoms with E-state index >= 15 is 0 Å². The summed E-state index contributed by atoms with van der Waals surface area (Å²) in [6.45, 7) is 5.04. The van der Waals surface area contributed by atoms with Gasteiger partial charge in [-0.15, -0.1) is 0 Å². The van der Waals surface area contributed by atoms with Gasteiger partial charge in [-0.25, -0.2) is 13.1 Å². The van der Waals surface area contributed by atoms with Crippen LogP contribution in [0, 0.1) is 20.8 Å². The van der Waals surface area contributed by atoms with E-state index in [0.717, 1.165) is 5.56 Å². The fraction of sp³-hybridized carbons (Fsp3) is 0.333. The van der Waals surface area contributed by atoms with Gasteiger partial charge in [-0.1, -0.05) is 12.1 Å². The first kappa shape index (κ1) is 17.4. The highest BCUT2D eigenvalue weighted by Crippen LogP contribution is 2.29. The smallest absolute Gasteiger partial charge is 0.300 e. The van der Waals surface area contributed by atoms with Crippen molar-refractivity contribution >= 4 is 21.7 Å². The van der Waals surface area contributed by atoms with Crippen molar-refractivity contribution in [3.8, 4) is 0 Å². The fourth-order valence-corrected chi connectivity index (χ4v) is 4.37. The Balaban J connectivity index is 1.95. The molecule has 0 spiro atoms. The molecule has 0 saturated heterocycles. The molecule has 1 aromatic heterocycles. The van der Waals surface area contributed by atoms with Gasteiger partial charge in [0.25, 0.3) is 10.0 Å². The lowest BCUT2D eigenvalue weighted by molar-refractivity contribution is 0.0944. The van der Waals surface area contributed by atoms with Crippen LogP contribution in [0.25, 0.3) is 0 Å². The highest BCUT2D eigenvalue weighted by Gasteiger charge is 2.31. The van der Waals surface area contributed by atoms with Crippen LogP contribution in [0.5, 0.6) is 0 Å². The molecule has 1 aromatic carbocycles. The third-order valence-corrected chi connectivity index (χ3v) is 5.85. The summed E-state index contributed by atoms with van der Waals surface area (Å²) in [5.74, 6) is -0.586. The number of ketones is 1. The lowest BCUT2D eigenvalue weighted by Crippen LogP contribution is -2.31. The fourth-order valence-electron chi connectivity index (χ4n) is 3.09. The van der Waals surface area contributed by atoms with Crippen LogP contribution in [-0.4, -0.2) is 20.1 Å². The lowest BCUT2D eigenvalue weighted by atomic mass is 9.94. The normalized spacial score (nSPS) is 14.3. The van der Waals surface area contributed by atoms with Gasteiger partial charge >= 0.3 is 5.91 Å². The first-order chi connectivity index (χ1) is 11.7. The minimum absolute atomic E-state index is 0.0471. The predicted octanol–water partition coefficient (Wildman–Crippen LogP) is 2.84. The second-order valence-electron chi connectivity index (χ2n) is 6.33. The molecule has 0 bridgehead atoms. The third-order valence-electron chi connectivity index (χ3n) is 4.37. The average Bonchev–Trinajstić information content (AvgIpc) is 2.87. The zero-order valence-corrected chi connectivity index (χ0v) is 15.1. The van der Waals surface area contributed by atoms with E-state index in [0.29, 0.717) is 41.7 Å². The number of fused-ring (bicyclic) bond motifs is 1. The Bertz CT molecular complexity index is 985. The van der Waals surface area contributed by atoms with Crippen LogP contribution in [0.2, 0.25) is 0 Å². The molecule has 0 saturated carbocycles. The molecular formula is C18H19NO5S. The molecule has 0 atom stereocenters. The van der Waals surface area contributed by atoms with Crippen LogP contribution in [0.3, 0.4) is 0 Å². The number of nitrogens with one attached hydrogen (secondary N) is 1. The van der Waals surface area contributed by atoms with Gasteiger partial charge in [0.15, 0.2) is 11.5 Å². The minimum Gasteiger partial charge on any atom is -0.455 e. The Morgan fingerprint density at radius 3 is 2.56 bits per heavy atom. The Hall–Kier alpha value is -2.41. The highest BCUT2D eigenvalue weighted by molar-refractivity contribution is 7.90. The van der Waals surface area contributed by atoms with Crippen molar-refractivity contribution in [3.05, 3.63) is 52.0 Å². The van der Waals surface area contributed by atoms with Crippen LogP contribution >= 0.6 is 0 Å². The average molecular weight is 361 g/mol. The van der Waals surface area contributed by atoms with Crippen LogP contribution < -0.4 is 4.72 Å². The number of carbonyl (C=O) groups is 2. The number of hydrogen-bond acceptors (Lipinski definition) is 5. The number of aryl methyl sites for hydroxylation is 3. The van der Waals surface area contributed by atoms with E-state index in [2.05, 4.69) is 0 Å². The van der Waals surface area contributed by atoms with Gasteiger partial charge in [-0.3, -0.25) is 9.59 Å². The topological polar surface area (TPSA) is 93.4 Å². The maximum Gasteiger partial charge on any atom is 0.300 e. The largest absolute Gasteiger partial charge is 0.455 e. The summed E-state index contributed by atoms with van der Waals surface area (Å²) in [4.78, 5) is 24.5. The Morgan fingerprint density at radius 2 is 1.88 bits per heavy atom. The van der Waals surface area contributed by atoms with Crippen LogP contribution in [-0.2, 0) is 16.4 Å². The molecule has 1 aliphatic rings. The molecule has 1 amide bonds. The zero-order chi connectivity index (χ0) is 18.4. The monoisotopic (exact) mass is 361 g/mol. The molecule has 1 N–H and O–H groups in total. The van der Waals surface area contributed by atoms with Gasteiger partial charge in [0.1, 0.15) is 5.76 Å². The van der Waals surface area contributed by atoms with Gasteiger partial charge < -0.3 is 4.42 Å². The highest BCUT2D eigenvalue weighted by atomic mass is 32.2. The molecule has 25 heavy (non-hydrogen) atoms. The van der Waals surface area contributed by atoms with Gasteiger partial charge in [-0.2, -0.15) is 0 Å². The van der Waals surface area contributed by atoms with Gasteiger partial charge in [0.05, 0.1) is 10.5 Å². The maximum absolute atomic E-state index is 12.6. The molecular weight excluding hydrogens is 342 g/mol. The van der Waals surface area contributed by atoms with E-state index < -0.39 is 15.9 Å². The molecule has 1 heterocycles. The van der Waals surface area contributed by atoms with Crippen molar-refractivity contribution in [3.63, 3.8) is 0 Å². The van der Waals surface area contributed by atoms with Crippen LogP contribution in [0.15, 0.2) is 27.5 Å². The van der Waals surface area contributed by atoms with Crippen LogP contribution in [0.4, 0.5) is 0 Å². The van der Waals surface area contributed by atoms with E-state index in [1.54, 1.807) is 32.9 Å². The molecule has 0 radical (unpaired) electrons. The molecule has 3 rings (SSSR count). The number of Topliss-reactive ketones (excluding diaryl/α,β-unsaturated/α-hetero) is 1. The van der Waals surface area contributed by atoms with Crippen molar-refractivity contribution in [2.75, 3.05) is 0 Å². The van der Waals surface area contributed by atoms with E-state index in [4.69, 9.17) is 4.42 Å².